The third kappa shape index (κ3) is 1.57. The first-order valence-electron chi connectivity index (χ1n) is 6.14. The molecule has 3 nitrogen and oxygen atoms in total. The molecule has 1 aromatic heterocycles. The number of imidazole rings is 1. The van der Waals surface area contributed by atoms with Crippen LogP contribution in [0.3, 0.4) is 0 Å². The molecule has 17 heavy (non-hydrogen) atoms. The van der Waals surface area contributed by atoms with Crippen LogP contribution in [0.15, 0.2) is 18.2 Å². The van der Waals surface area contributed by atoms with Crippen molar-refractivity contribution in [3.8, 4) is 0 Å². The Bertz CT molecular complexity index is 594. The van der Waals surface area contributed by atoms with Crippen molar-refractivity contribution in [1.82, 2.24) is 9.55 Å². The summed E-state index contributed by atoms with van der Waals surface area (Å²) in [6, 6.07) is 5.79. The van der Waals surface area contributed by atoms with Crippen LogP contribution in [0.4, 0.5) is 0 Å². The summed E-state index contributed by atoms with van der Waals surface area (Å²) in [5, 5.41) is 0. The zero-order valence-corrected chi connectivity index (χ0v) is 10.2. The van der Waals surface area contributed by atoms with Crippen LogP contribution in [0.1, 0.15) is 48.3 Å². The number of aromatic nitrogens is 2. The standard InChI is InChI=1S/C14H16N2O/c1-9(17)11-6-7-13-12(8-11)15-14(16(13)2)10-4-3-5-10/h6-8,10H,3-5H2,1-2H3. The fraction of sp³-hybridized carbons (Fsp3) is 0.429. The molecule has 1 heterocycles. The monoisotopic (exact) mass is 228 g/mol. The lowest BCUT2D eigenvalue weighted by Gasteiger charge is -2.24. The van der Waals surface area contributed by atoms with Gasteiger partial charge in [-0.1, -0.05) is 6.42 Å². The summed E-state index contributed by atoms with van der Waals surface area (Å²) in [5.41, 5.74) is 2.81. The number of carbonyl (C=O) groups excluding carboxylic acids is 1. The summed E-state index contributed by atoms with van der Waals surface area (Å²) in [4.78, 5) is 16.0. The molecule has 0 aliphatic heterocycles. The molecule has 1 aliphatic rings. The van der Waals surface area contributed by atoms with E-state index in [0.29, 0.717) is 5.92 Å². The number of aryl methyl sites for hydroxylation is 1. The van der Waals surface area contributed by atoms with Crippen molar-refractivity contribution in [3.63, 3.8) is 0 Å². The Morgan fingerprint density at radius 2 is 2.18 bits per heavy atom. The highest BCUT2D eigenvalue weighted by Gasteiger charge is 2.24. The van der Waals surface area contributed by atoms with Crippen LogP contribution in [-0.2, 0) is 7.05 Å². The van der Waals surface area contributed by atoms with Crippen molar-refractivity contribution in [3.05, 3.63) is 29.6 Å². The summed E-state index contributed by atoms with van der Waals surface area (Å²) in [7, 11) is 2.07. The average Bonchev–Trinajstić information content (AvgIpc) is 2.54. The van der Waals surface area contributed by atoms with Gasteiger partial charge in [-0.15, -0.1) is 0 Å². The molecule has 1 aliphatic carbocycles. The Hall–Kier alpha value is -1.64. The van der Waals surface area contributed by atoms with E-state index in [0.717, 1.165) is 16.6 Å². The lowest BCUT2D eigenvalue weighted by atomic mass is 9.85. The number of benzene rings is 1. The van der Waals surface area contributed by atoms with Gasteiger partial charge in [-0.3, -0.25) is 4.79 Å². The van der Waals surface area contributed by atoms with Gasteiger partial charge in [-0.05, 0) is 38.0 Å². The van der Waals surface area contributed by atoms with E-state index in [1.165, 1.54) is 25.1 Å². The molecule has 0 radical (unpaired) electrons. The highest BCUT2D eigenvalue weighted by atomic mass is 16.1. The average molecular weight is 228 g/mol. The van der Waals surface area contributed by atoms with Gasteiger partial charge in [0.2, 0.25) is 0 Å². The van der Waals surface area contributed by atoms with E-state index < -0.39 is 0 Å². The Labute approximate surface area is 100 Å². The van der Waals surface area contributed by atoms with Crippen LogP contribution in [0.5, 0.6) is 0 Å². The van der Waals surface area contributed by atoms with Gasteiger partial charge in [-0.2, -0.15) is 0 Å². The molecule has 3 rings (SSSR count). The van der Waals surface area contributed by atoms with Gasteiger partial charge in [0.1, 0.15) is 5.82 Å². The molecule has 0 N–H and O–H groups in total. The van der Waals surface area contributed by atoms with Crippen molar-refractivity contribution in [2.75, 3.05) is 0 Å². The topological polar surface area (TPSA) is 34.9 Å². The second-order valence-electron chi connectivity index (χ2n) is 4.92. The Kier molecular flexibility index (Phi) is 2.28. The zero-order valence-electron chi connectivity index (χ0n) is 10.2. The van der Waals surface area contributed by atoms with Gasteiger partial charge < -0.3 is 4.57 Å². The first-order valence-corrected chi connectivity index (χ1v) is 6.14. The number of hydrogen-bond acceptors (Lipinski definition) is 2. The first-order chi connectivity index (χ1) is 8.16. The lowest BCUT2D eigenvalue weighted by molar-refractivity contribution is 0.101. The maximum absolute atomic E-state index is 11.3. The zero-order chi connectivity index (χ0) is 12.0. The summed E-state index contributed by atoms with van der Waals surface area (Å²) >= 11 is 0. The SMILES string of the molecule is CC(=O)c1ccc2c(c1)nc(C1CCC1)n2C. The normalized spacial score (nSPS) is 16.1. The van der Waals surface area contributed by atoms with Crippen molar-refractivity contribution in [2.24, 2.45) is 7.05 Å². The summed E-state index contributed by atoms with van der Waals surface area (Å²) < 4.78 is 2.17. The van der Waals surface area contributed by atoms with Crippen LogP contribution in [-0.4, -0.2) is 15.3 Å². The van der Waals surface area contributed by atoms with E-state index in [1.54, 1.807) is 6.92 Å². The maximum Gasteiger partial charge on any atom is 0.159 e. The highest BCUT2D eigenvalue weighted by molar-refractivity contribution is 5.97. The summed E-state index contributed by atoms with van der Waals surface area (Å²) in [5.74, 6) is 1.89. The van der Waals surface area contributed by atoms with Crippen LogP contribution < -0.4 is 0 Å². The van der Waals surface area contributed by atoms with E-state index >= 15 is 0 Å². The first kappa shape index (κ1) is 10.5. The molecule has 0 unspecified atom stereocenters. The number of carbonyl (C=O) groups is 1. The minimum Gasteiger partial charge on any atom is -0.331 e. The summed E-state index contributed by atoms with van der Waals surface area (Å²) in [6.07, 6.45) is 3.81. The molecule has 3 heteroatoms. The number of rotatable bonds is 2. The van der Waals surface area contributed by atoms with E-state index in [-0.39, 0.29) is 5.78 Å². The van der Waals surface area contributed by atoms with Crippen molar-refractivity contribution < 1.29 is 4.79 Å². The molecule has 1 aromatic carbocycles. The fourth-order valence-corrected chi connectivity index (χ4v) is 2.47. The van der Waals surface area contributed by atoms with E-state index in [2.05, 4.69) is 16.6 Å². The lowest BCUT2D eigenvalue weighted by Crippen LogP contribution is -2.13. The van der Waals surface area contributed by atoms with Crippen molar-refractivity contribution in [1.29, 1.82) is 0 Å². The van der Waals surface area contributed by atoms with Crippen LogP contribution >= 0.6 is 0 Å². The van der Waals surface area contributed by atoms with E-state index in [1.807, 2.05) is 18.2 Å². The van der Waals surface area contributed by atoms with Crippen LogP contribution in [0, 0.1) is 0 Å². The molecule has 1 fully saturated rings. The van der Waals surface area contributed by atoms with Crippen LogP contribution in [0.25, 0.3) is 11.0 Å². The minimum absolute atomic E-state index is 0.0998. The molecule has 0 atom stereocenters. The summed E-state index contributed by atoms with van der Waals surface area (Å²) in [6.45, 7) is 1.59. The van der Waals surface area contributed by atoms with Gasteiger partial charge in [0.15, 0.2) is 5.78 Å². The quantitative estimate of drug-likeness (QED) is 0.740. The van der Waals surface area contributed by atoms with Gasteiger partial charge in [0, 0.05) is 18.5 Å². The molecule has 2 aromatic rings. The van der Waals surface area contributed by atoms with Gasteiger partial charge in [0.05, 0.1) is 11.0 Å². The van der Waals surface area contributed by atoms with Gasteiger partial charge in [0.25, 0.3) is 0 Å². The molecule has 0 amide bonds. The third-order valence-corrected chi connectivity index (χ3v) is 3.79. The van der Waals surface area contributed by atoms with Gasteiger partial charge >= 0.3 is 0 Å². The fourth-order valence-electron chi connectivity index (χ4n) is 2.47. The molecule has 0 spiro atoms. The number of fused-ring (bicyclic) bond motifs is 1. The second kappa shape index (κ2) is 3.69. The number of hydrogen-bond donors (Lipinski definition) is 0. The van der Waals surface area contributed by atoms with Crippen molar-refractivity contribution in [2.45, 2.75) is 32.1 Å². The van der Waals surface area contributed by atoms with E-state index in [9.17, 15) is 4.79 Å². The molecule has 0 bridgehead atoms. The van der Waals surface area contributed by atoms with E-state index in [4.69, 9.17) is 0 Å². The van der Waals surface area contributed by atoms with Crippen molar-refractivity contribution >= 4 is 16.8 Å². The maximum atomic E-state index is 11.3. The molecule has 88 valence electrons. The number of nitrogens with zero attached hydrogens (tertiary/aromatic N) is 2. The smallest absolute Gasteiger partial charge is 0.159 e. The largest absolute Gasteiger partial charge is 0.331 e. The number of ketones is 1. The van der Waals surface area contributed by atoms with Crippen LogP contribution in [0.2, 0.25) is 0 Å². The molecular weight excluding hydrogens is 212 g/mol. The number of Topliss-reactive ketones (excluding diaryl/α,β-unsaturated/α-hetero) is 1. The Morgan fingerprint density at radius 3 is 2.76 bits per heavy atom. The molecule has 1 saturated carbocycles. The second-order valence-corrected chi connectivity index (χ2v) is 4.92. The molecule has 0 saturated heterocycles. The predicted octanol–water partition coefficient (Wildman–Crippen LogP) is 3.04. The minimum atomic E-state index is 0.0998. The highest BCUT2D eigenvalue weighted by Crippen LogP contribution is 2.36. The Morgan fingerprint density at radius 1 is 1.41 bits per heavy atom. The molecular formula is C14H16N2O. The Balaban J connectivity index is 2.14. The van der Waals surface area contributed by atoms with Gasteiger partial charge in [-0.25, -0.2) is 4.98 Å². The predicted molar refractivity (Wildman–Crippen MR) is 67.3 cm³/mol. The third-order valence-electron chi connectivity index (χ3n) is 3.79.